The fourth-order valence-electron chi connectivity index (χ4n) is 1.79. The molecule has 0 aliphatic heterocycles. The SMILES string of the molecule is NCC(Cc1ccc(Br)cc1)Cc1nccs1. The van der Waals surface area contributed by atoms with Gasteiger partial charge in [-0.15, -0.1) is 11.3 Å². The largest absolute Gasteiger partial charge is 0.330 e. The van der Waals surface area contributed by atoms with Crippen LogP contribution in [0.1, 0.15) is 10.6 Å². The van der Waals surface area contributed by atoms with Crippen molar-refractivity contribution in [3.8, 4) is 0 Å². The molecule has 0 spiro atoms. The van der Waals surface area contributed by atoms with Crippen molar-refractivity contribution in [2.45, 2.75) is 12.8 Å². The average molecular weight is 311 g/mol. The highest BCUT2D eigenvalue weighted by atomic mass is 79.9. The van der Waals surface area contributed by atoms with Gasteiger partial charge in [0.05, 0.1) is 5.01 Å². The molecule has 90 valence electrons. The number of nitrogens with two attached hydrogens (primary N) is 1. The smallest absolute Gasteiger partial charge is 0.0928 e. The van der Waals surface area contributed by atoms with Gasteiger partial charge >= 0.3 is 0 Å². The summed E-state index contributed by atoms with van der Waals surface area (Å²) in [6.07, 6.45) is 3.85. The van der Waals surface area contributed by atoms with E-state index in [2.05, 4.69) is 45.2 Å². The number of benzene rings is 1. The van der Waals surface area contributed by atoms with E-state index >= 15 is 0 Å². The van der Waals surface area contributed by atoms with Crippen LogP contribution in [0.15, 0.2) is 40.3 Å². The summed E-state index contributed by atoms with van der Waals surface area (Å²) in [5.74, 6) is 0.474. The summed E-state index contributed by atoms with van der Waals surface area (Å²) in [7, 11) is 0. The molecule has 1 unspecified atom stereocenters. The Morgan fingerprint density at radius 1 is 1.24 bits per heavy atom. The van der Waals surface area contributed by atoms with Gasteiger partial charge in [-0.3, -0.25) is 0 Å². The van der Waals surface area contributed by atoms with E-state index in [1.54, 1.807) is 11.3 Å². The topological polar surface area (TPSA) is 38.9 Å². The first-order valence-electron chi connectivity index (χ1n) is 5.61. The van der Waals surface area contributed by atoms with Gasteiger partial charge in [-0.1, -0.05) is 28.1 Å². The summed E-state index contributed by atoms with van der Waals surface area (Å²) in [4.78, 5) is 4.32. The minimum atomic E-state index is 0.474. The Balaban J connectivity index is 1.97. The van der Waals surface area contributed by atoms with Crippen molar-refractivity contribution in [1.29, 1.82) is 0 Å². The molecule has 0 aliphatic rings. The van der Waals surface area contributed by atoms with Crippen LogP contribution >= 0.6 is 27.3 Å². The van der Waals surface area contributed by atoms with E-state index < -0.39 is 0 Å². The van der Waals surface area contributed by atoms with Crippen molar-refractivity contribution in [1.82, 2.24) is 4.98 Å². The number of hydrogen-bond donors (Lipinski definition) is 1. The zero-order chi connectivity index (χ0) is 12.1. The van der Waals surface area contributed by atoms with E-state index in [0.717, 1.165) is 17.3 Å². The molecule has 2 aromatic rings. The molecule has 1 atom stereocenters. The van der Waals surface area contributed by atoms with Crippen LogP contribution in [-0.2, 0) is 12.8 Å². The van der Waals surface area contributed by atoms with Crippen LogP contribution in [0.25, 0.3) is 0 Å². The molecule has 0 saturated carbocycles. The Kier molecular flexibility index (Phi) is 4.71. The summed E-state index contributed by atoms with van der Waals surface area (Å²) in [5, 5.41) is 3.19. The van der Waals surface area contributed by atoms with Crippen molar-refractivity contribution >= 4 is 27.3 Å². The zero-order valence-electron chi connectivity index (χ0n) is 9.47. The number of halogens is 1. The molecule has 0 aliphatic carbocycles. The molecule has 0 bridgehead atoms. The minimum Gasteiger partial charge on any atom is -0.330 e. The summed E-state index contributed by atoms with van der Waals surface area (Å²) in [5.41, 5.74) is 7.17. The third kappa shape index (κ3) is 3.91. The molecule has 4 heteroatoms. The Bertz CT molecular complexity index is 439. The monoisotopic (exact) mass is 310 g/mol. The van der Waals surface area contributed by atoms with Gasteiger partial charge in [0.15, 0.2) is 0 Å². The third-order valence-corrected chi connectivity index (χ3v) is 4.05. The quantitative estimate of drug-likeness (QED) is 0.920. The van der Waals surface area contributed by atoms with E-state index in [1.807, 2.05) is 11.6 Å². The lowest BCUT2D eigenvalue weighted by Gasteiger charge is -2.13. The van der Waals surface area contributed by atoms with Crippen LogP contribution in [0.5, 0.6) is 0 Å². The van der Waals surface area contributed by atoms with Gasteiger partial charge in [0.25, 0.3) is 0 Å². The normalized spacial score (nSPS) is 12.6. The van der Waals surface area contributed by atoms with Crippen LogP contribution in [0.4, 0.5) is 0 Å². The van der Waals surface area contributed by atoms with Gasteiger partial charge in [-0.2, -0.15) is 0 Å². The number of rotatable bonds is 5. The second-order valence-corrected chi connectivity index (χ2v) is 5.96. The first-order valence-corrected chi connectivity index (χ1v) is 7.28. The van der Waals surface area contributed by atoms with Crippen molar-refractivity contribution < 1.29 is 0 Å². The van der Waals surface area contributed by atoms with Gasteiger partial charge < -0.3 is 5.73 Å². The van der Waals surface area contributed by atoms with Gasteiger partial charge in [0.2, 0.25) is 0 Å². The standard InChI is InChI=1S/C13H15BrN2S/c14-12-3-1-10(2-4-12)7-11(9-15)8-13-16-5-6-17-13/h1-6,11H,7-9,15H2. The van der Waals surface area contributed by atoms with Crippen LogP contribution in [-0.4, -0.2) is 11.5 Å². The summed E-state index contributed by atoms with van der Waals surface area (Å²) in [6, 6.07) is 8.45. The molecule has 2 rings (SSSR count). The van der Waals surface area contributed by atoms with Gasteiger partial charge in [-0.05, 0) is 36.6 Å². The lowest BCUT2D eigenvalue weighted by Crippen LogP contribution is -2.19. The number of nitrogens with zero attached hydrogens (tertiary/aromatic N) is 1. The Labute approximate surface area is 114 Å². The lowest BCUT2D eigenvalue weighted by atomic mass is 9.97. The van der Waals surface area contributed by atoms with Crippen molar-refractivity contribution in [3.63, 3.8) is 0 Å². The predicted molar refractivity (Wildman–Crippen MR) is 76.2 cm³/mol. The zero-order valence-corrected chi connectivity index (χ0v) is 11.9. The summed E-state index contributed by atoms with van der Waals surface area (Å²) in [6.45, 7) is 0.704. The second kappa shape index (κ2) is 6.28. The second-order valence-electron chi connectivity index (χ2n) is 4.06. The summed E-state index contributed by atoms with van der Waals surface area (Å²) < 4.78 is 1.12. The maximum absolute atomic E-state index is 5.83. The van der Waals surface area contributed by atoms with E-state index in [0.29, 0.717) is 12.5 Å². The minimum absolute atomic E-state index is 0.474. The molecule has 0 fully saturated rings. The third-order valence-electron chi connectivity index (χ3n) is 2.72. The molecular formula is C13H15BrN2S. The molecule has 17 heavy (non-hydrogen) atoms. The molecule has 0 saturated heterocycles. The fraction of sp³-hybridized carbons (Fsp3) is 0.308. The molecule has 1 aromatic heterocycles. The first kappa shape index (κ1) is 12.7. The van der Waals surface area contributed by atoms with Crippen molar-refractivity contribution in [2.24, 2.45) is 11.7 Å². The van der Waals surface area contributed by atoms with Gasteiger partial charge in [0.1, 0.15) is 0 Å². The van der Waals surface area contributed by atoms with E-state index in [4.69, 9.17) is 5.73 Å². The molecular weight excluding hydrogens is 296 g/mol. The molecule has 2 nitrogen and oxygen atoms in total. The lowest BCUT2D eigenvalue weighted by molar-refractivity contribution is 0.532. The van der Waals surface area contributed by atoms with Crippen LogP contribution in [0.3, 0.4) is 0 Å². The number of thiazole rings is 1. The van der Waals surface area contributed by atoms with Crippen LogP contribution in [0, 0.1) is 5.92 Å². The maximum Gasteiger partial charge on any atom is 0.0928 e. The van der Waals surface area contributed by atoms with Gasteiger partial charge in [-0.25, -0.2) is 4.98 Å². The Hall–Kier alpha value is -0.710. The molecule has 0 radical (unpaired) electrons. The first-order chi connectivity index (χ1) is 8.28. The maximum atomic E-state index is 5.83. The molecule has 0 amide bonds. The average Bonchev–Trinajstić information content (AvgIpc) is 2.84. The molecule has 1 heterocycles. The predicted octanol–water partition coefficient (Wildman–Crippen LogP) is 3.27. The highest BCUT2D eigenvalue weighted by molar-refractivity contribution is 9.10. The van der Waals surface area contributed by atoms with Crippen LogP contribution < -0.4 is 5.73 Å². The molecule has 2 N–H and O–H groups in total. The molecule has 1 aromatic carbocycles. The van der Waals surface area contributed by atoms with Crippen LogP contribution in [0.2, 0.25) is 0 Å². The summed E-state index contributed by atoms with van der Waals surface area (Å²) >= 11 is 5.15. The van der Waals surface area contributed by atoms with Crippen molar-refractivity contribution in [2.75, 3.05) is 6.54 Å². The van der Waals surface area contributed by atoms with Crippen molar-refractivity contribution in [3.05, 3.63) is 50.9 Å². The van der Waals surface area contributed by atoms with E-state index in [-0.39, 0.29) is 0 Å². The Morgan fingerprint density at radius 3 is 2.59 bits per heavy atom. The van der Waals surface area contributed by atoms with Gasteiger partial charge in [0, 0.05) is 22.5 Å². The highest BCUT2D eigenvalue weighted by Gasteiger charge is 2.10. The fourth-order valence-corrected chi connectivity index (χ4v) is 2.79. The van der Waals surface area contributed by atoms with E-state index in [1.165, 1.54) is 10.6 Å². The number of aromatic nitrogens is 1. The number of hydrogen-bond acceptors (Lipinski definition) is 3. The highest BCUT2D eigenvalue weighted by Crippen LogP contribution is 2.17. The Morgan fingerprint density at radius 2 is 2.00 bits per heavy atom. The van der Waals surface area contributed by atoms with E-state index in [9.17, 15) is 0 Å².